The first-order valence-corrected chi connectivity index (χ1v) is 6.10. The van der Waals surface area contributed by atoms with Gasteiger partial charge < -0.3 is 10.4 Å². The number of carbonyl (C=O) groups is 2. The Kier molecular flexibility index (Phi) is 5.91. The van der Waals surface area contributed by atoms with Gasteiger partial charge in [-0.25, -0.2) is 0 Å². The van der Waals surface area contributed by atoms with Crippen LogP contribution in [0.1, 0.15) is 25.3 Å². The molecule has 0 aliphatic carbocycles. The van der Waals surface area contributed by atoms with E-state index in [1.54, 1.807) is 6.92 Å². The van der Waals surface area contributed by atoms with E-state index in [0.29, 0.717) is 6.54 Å². The average molecular weight is 249 g/mol. The normalized spacial score (nSPS) is 11.8. The van der Waals surface area contributed by atoms with E-state index in [-0.39, 0.29) is 24.7 Å². The summed E-state index contributed by atoms with van der Waals surface area (Å²) in [6.07, 6.45) is 1.09. The van der Waals surface area contributed by atoms with E-state index in [4.69, 9.17) is 5.11 Å². The SMILES string of the molecule is C[C@@H](CC(=O)O)CC(=O)NCCc1ccccc1. The highest BCUT2D eigenvalue weighted by molar-refractivity contribution is 5.77. The number of hydrogen-bond acceptors (Lipinski definition) is 2. The van der Waals surface area contributed by atoms with Crippen LogP contribution in [0.5, 0.6) is 0 Å². The predicted octanol–water partition coefficient (Wildman–Crippen LogP) is 1.85. The molecule has 0 radical (unpaired) electrons. The smallest absolute Gasteiger partial charge is 0.303 e. The Labute approximate surface area is 107 Å². The molecule has 2 N–H and O–H groups in total. The topological polar surface area (TPSA) is 66.4 Å². The molecule has 1 rings (SSSR count). The van der Waals surface area contributed by atoms with Gasteiger partial charge in [-0.2, -0.15) is 0 Å². The Morgan fingerprint density at radius 2 is 1.89 bits per heavy atom. The van der Waals surface area contributed by atoms with Gasteiger partial charge in [-0.1, -0.05) is 37.3 Å². The first kappa shape index (κ1) is 14.2. The monoisotopic (exact) mass is 249 g/mol. The quantitative estimate of drug-likeness (QED) is 0.775. The molecule has 4 nitrogen and oxygen atoms in total. The maximum absolute atomic E-state index is 11.5. The van der Waals surface area contributed by atoms with Crippen molar-refractivity contribution in [3.8, 4) is 0 Å². The molecule has 0 heterocycles. The van der Waals surface area contributed by atoms with Gasteiger partial charge in [0.1, 0.15) is 0 Å². The number of carboxylic acids is 1. The highest BCUT2D eigenvalue weighted by Gasteiger charge is 2.11. The van der Waals surface area contributed by atoms with Gasteiger partial charge in [-0.3, -0.25) is 9.59 Å². The number of hydrogen-bond donors (Lipinski definition) is 2. The second-order valence-electron chi connectivity index (χ2n) is 4.49. The lowest BCUT2D eigenvalue weighted by molar-refractivity contribution is -0.138. The van der Waals surface area contributed by atoms with Crippen molar-refractivity contribution in [3.05, 3.63) is 35.9 Å². The molecule has 1 atom stereocenters. The number of amides is 1. The van der Waals surface area contributed by atoms with Crippen LogP contribution in [0, 0.1) is 5.92 Å². The van der Waals surface area contributed by atoms with Crippen LogP contribution in [0.15, 0.2) is 30.3 Å². The minimum Gasteiger partial charge on any atom is -0.481 e. The molecule has 0 saturated heterocycles. The van der Waals surface area contributed by atoms with E-state index >= 15 is 0 Å². The molecule has 0 aliphatic rings. The highest BCUT2D eigenvalue weighted by Crippen LogP contribution is 2.06. The van der Waals surface area contributed by atoms with E-state index in [1.807, 2.05) is 30.3 Å². The van der Waals surface area contributed by atoms with E-state index in [9.17, 15) is 9.59 Å². The Balaban J connectivity index is 2.19. The van der Waals surface area contributed by atoms with Gasteiger partial charge in [0.2, 0.25) is 5.91 Å². The van der Waals surface area contributed by atoms with Crippen molar-refractivity contribution in [1.29, 1.82) is 0 Å². The van der Waals surface area contributed by atoms with Crippen molar-refractivity contribution < 1.29 is 14.7 Å². The van der Waals surface area contributed by atoms with Crippen LogP contribution in [0.2, 0.25) is 0 Å². The molecule has 4 heteroatoms. The molecule has 0 aliphatic heterocycles. The van der Waals surface area contributed by atoms with Gasteiger partial charge in [0.25, 0.3) is 0 Å². The van der Waals surface area contributed by atoms with E-state index in [0.717, 1.165) is 6.42 Å². The Hall–Kier alpha value is -1.84. The fourth-order valence-electron chi connectivity index (χ4n) is 1.75. The lowest BCUT2D eigenvalue weighted by Crippen LogP contribution is -2.27. The van der Waals surface area contributed by atoms with Crippen LogP contribution in [0.3, 0.4) is 0 Å². The molecule has 0 unspecified atom stereocenters. The summed E-state index contributed by atoms with van der Waals surface area (Å²) in [5.41, 5.74) is 1.18. The van der Waals surface area contributed by atoms with Crippen LogP contribution in [-0.4, -0.2) is 23.5 Å². The fraction of sp³-hybridized carbons (Fsp3) is 0.429. The number of benzene rings is 1. The van der Waals surface area contributed by atoms with Crippen LogP contribution in [0.25, 0.3) is 0 Å². The Bertz CT molecular complexity index is 389. The van der Waals surface area contributed by atoms with Crippen molar-refractivity contribution in [2.24, 2.45) is 5.92 Å². The summed E-state index contributed by atoms with van der Waals surface area (Å²) >= 11 is 0. The number of aliphatic carboxylic acids is 1. The fourth-order valence-corrected chi connectivity index (χ4v) is 1.75. The first-order valence-electron chi connectivity index (χ1n) is 6.10. The summed E-state index contributed by atoms with van der Waals surface area (Å²) < 4.78 is 0. The van der Waals surface area contributed by atoms with E-state index < -0.39 is 5.97 Å². The largest absolute Gasteiger partial charge is 0.481 e. The maximum Gasteiger partial charge on any atom is 0.303 e. The van der Waals surface area contributed by atoms with E-state index in [2.05, 4.69) is 5.32 Å². The summed E-state index contributed by atoms with van der Waals surface area (Å²) in [5.74, 6) is -1.07. The highest BCUT2D eigenvalue weighted by atomic mass is 16.4. The molecule has 98 valence electrons. The molecule has 0 saturated carbocycles. The molecule has 18 heavy (non-hydrogen) atoms. The maximum atomic E-state index is 11.5. The third kappa shape index (κ3) is 6.03. The number of carbonyl (C=O) groups excluding carboxylic acids is 1. The molecular weight excluding hydrogens is 230 g/mol. The minimum atomic E-state index is -0.861. The van der Waals surface area contributed by atoms with Gasteiger partial charge in [0.05, 0.1) is 0 Å². The number of carboxylic acid groups (broad SMARTS) is 1. The number of rotatable bonds is 7. The summed E-state index contributed by atoms with van der Waals surface area (Å²) in [6, 6.07) is 9.91. The summed E-state index contributed by atoms with van der Waals surface area (Å²) in [5, 5.41) is 11.4. The lowest BCUT2D eigenvalue weighted by Gasteiger charge is -2.09. The standard InChI is InChI=1S/C14H19NO3/c1-11(10-14(17)18)9-13(16)15-8-7-12-5-3-2-4-6-12/h2-6,11H,7-10H2,1H3,(H,15,16)(H,17,18)/t11-/m1/s1. The van der Waals surface area contributed by atoms with Crippen molar-refractivity contribution in [3.63, 3.8) is 0 Å². The molecule has 1 amide bonds. The van der Waals surface area contributed by atoms with Crippen LogP contribution < -0.4 is 5.32 Å². The molecule has 1 aromatic rings. The summed E-state index contributed by atoms with van der Waals surface area (Å²) in [6.45, 7) is 2.35. The van der Waals surface area contributed by atoms with E-state index in [1.165, 1.54) is 5.56 Å². The molecule has 0 aromatic heterocycles. The van der Waals surface area contributed by atoms with Crippen LogP contribution >= 0.6 is 0 Å². The first-order chi connectivity index (χ1) is 8.58. The minimum absolute atomic E-state index is 0.0338. The Morgan fingerprint density at radius 3 is 2.50 bits per heavy atom. The van der Waals surface area contributed by atoms with Gasteiger partial charge in [-0.05, 0) is 17.9 Å². The zero-order chi connectivity index (χ0) is 13.4. The second kappa shape index (κ2) is 7.48. The van der Waals surface area contributed by atoms with Gasteiger partial charge in [-0.15, -0.1) is 0 Å². The average Bonchev–Trinajstić information content (AvgIpc) is 2.29. The van der Waals surface area contributed by atoms with Crippen LogP contribution in [-0.2, 0) is 16.0 Å². The predicted molar refractivity (Wildman–Crippen MR) is 69.2 cm³/mol. The third-order valence-corrected chi connectivity index (χ3v) is 2.64. The molecule has 0 fully saturated rings. The molecular formula is C14H19NO3. The Morgan fingerprint density at radius 1 is 1.22 bits per heavy atom. The summed E-state index contributed by atoms with van der Waals surface area (Å²) in [4.78, 5) is 22.0. The number of nitrogens with one attached hydrogen (secondary N) is 1. The van der Waals surface area contributed by atoms with Crippen molar-refractivity contribution in [1.82, 2.24) is 5.32 Å². The zero-order valence-electron chi connectivity index (χ0n) is 10.6. The second-order valence-corrected chi connectivity index (χ2v) is 4.49. The third-order valence-electron chi connectivity index (χ3n) is 2.64. The van der Waals surface area contributed by atoms with Crippen molar-refractivity contribution in [2.75, 3.05) is 6.54 Å². The zero-order valence-corrected chi connectivity index (χ0v) is 10.6. The summed E-state index contributed by atoms with van der Waals surface area (Å²) in [7, 11) is 0. The lowest BCUT2D eigenvalue weighted by atomic mass is 10.0. The van der Waals surface area contributed by atoms with Crippen LogP contribution in [0.4, 0.5) is 0 Å². The molecule has 1 aromatic carbocycles. The van der Waals surface area contributed by atoms with Gasteiger partial charge in [0.15, 0.2) is 0 Å². The molecule has 0 spiro atoms. The van der Waals surface area contributed by atoms with Gasteiger partial charge in [0, 0.05) is 19.4 Å². The van der Waals surface area contributed by atoms with Gasteiger partial charge >= 0.3 is 5.97 Å². The molecule has 0 bridgehead atoms. The van der Waals surface area contributed by atoms with Crippen molar-refractivity contribution >= 4 is 11.9 Å². The van der Waals surface area contributed by atoms with Crippen molar-refractivity contribution in [2.45, 2.75) is 26.2 Å².